The Labute approximate surface area is 83.6 Å². The van der Waals surface area contributed by atoms with E-state index in [1.54, 1.807) is 6.07 Å². The van der Waals surface area contributed by atoms with Gasteiger partial charge in [-0.1, -0.05) is 25.5 Å². The van der Waals surface area contributed by atoms with Crippen LogP contribution in [0.1, 0.15) is 35.7 Å². The summed E-state index contributed by atoms with van der Waals surface area (Å²) in [6.45, 7) is 2.09. The van der Waals surface area contributed by atoms with Crippen LogP contribution in [0.4, 0.5) is 5.69 Å². The summed E-state index contributed by atoms with van der Waals surface area (Å²) in [6, 6.07) is 5.16. The molecule has 14 heavy (non-hydrogen) atoms. The van der Waals surface area contributed by atoms with Crippen LogP contribution in [0.3, 0.4) is 0 Å². The number of carboxylic acid groups (broad SMARTS) is 1. The minimum atomic E-state index is -0.958. The van der Waals surface area contributed by atoms with Crippen LogP contribution in [0.2, 0.25) is 0 Å². The fourth-order valence-electron chi connectivity index (χ4n) is 1.38. The number of carboxylic acids is 1. The molecule has 1 aromatic carbocycles. The van der Waals surface area contributed by atoms with E-state index in [0.717, 1.165) is 24.8 Å². The first-order chi connectivity index (χ1) is 6.66. The summed E-state index contributed by atoms with van der Waals surface area (Å²) in [5.74, 6) is -0.958. The van der Waals surface area contributed by atoms with Gasteiger partial charge < -0.3 is 10.8 Å². The number of hydrogen-bond donors (Lipinski definition) is 2. The van der Waals surface area contributed by atoms with Crippen molar-refractivity contribution in [3.63, 3.8) is 0 Å². The lowest BCUT2D eigenvalue weighted by Gasteiger charge is -2.07. The standard InChI is InChI=1S/C11H15NO2/c1-2-3-5-8-6-4-7-9(10(8)12)11(13)14/h4,6-7H,2-3,5,12H2,1H3,(H,13,14). The molecule has 1 rings (SSSR count). The fourth-order valence-corrected chi connectivity index (χ4v) is 1.38. The Morgan fingerprint density at radius 1 is 1.50 bits per heavy atom. The summed E-state index contributed by atoms with van der Waals surface area (Å²) >= 11 is 0. The molecule has 0 unspecified atom stereocenters. The SMILES string of the molecule is CCCCc1cccc(C(=O)O)c1N. The molecule has 3 N–H and O–H groups in total. The average Bonchev–Trinajstić information content (AvgIpc) is 2.16. The maximum absolute atomic E-state index is 10.8. The number of rotatable bonds is 4. The summed E-state index contributed by atoms with van der Waals surface area (Å²) < 4.78 is 0. The van der Waals surface area contributed by atoms with Gasteiger partial charge in [0.1, 0.15) is 0 Å². The molecule has 0 fully saturated rings. The van der Waals surface area contributed by atoms with Gasteiger partial charge in [0.15, 0.2) is 0 Å². The summed E-state index contributed by atoms with van der Waals surface area (Å²) in [6.07, 6.45) is 2.97. The van der Waals surface area contributed by atoms with Gasteiger partial charge in [0.05, 0.1) is 5.56 Å². The molecule has 3 nitrogen and oxygen atoms in total. The van der Waals surface area contributed by atoms with Crippen molar-refractivity contribution < 1.29 is 9.90 Å². The second kappa shape index (κ2) is 4.65. The normalized spacial score (nSPS) is 10.1. The first-order valence-electron chi connectivity index (χ1n) is 4.77. The molecule has 0 saturated heterocycles. The van der Waals surface area contributed by atoms with Gasteiger partial charge in [-0.15, -0.1) is 0 Å². The number of para-hydroxylation sites is 1. The van der Waals surface area contributed by atoms with E-state index < -0.39 is 5.97 Å². The second-order valence-electron chi connectivity index (χ2n) is 3.29. The number of unbranched alkanes of at least 4 members (excludes halogenated alkanes) is 1. The number of aryl methyl sites for hydroxylation is 1. The highest BCUT2D eigenvalue weighted by Crippen LogP contribution is 2.19. The number of hydrogen-bond acceptors (Lipinski definition) is 2. The molecule has 76 valence electrons. The van der Waals surface area contributed by atoms with E-state index in [0.29, 0.717) is 5.69 Å². The molecule has 0 spiro atoms. The van der Waals surface area contributed by atoms with Crippen molar-refractivity contribution in [3.8, 4) is 0 Å². The fraction of sp³-hybridized carbons (Fsp3) is 0.364. The minimum absolute atomic E-state index is 0.207. The first-order valence-corrected chi connectivity index (χ1v) is 4.77. The molecule has 0 radical (unpaired) electrons. The van der Waals surface area contributed by atoms with Crippen LogP contribution < -0.4 is 5.73 Å². The van der Waals surface area contributed by atoms with E-state index in [-0.39, 0.29) is 5.56 Å². The molecule has 0 amide bonds. The molecule has 0 bridgehead atoms. The number of nitrogen functional groups attached to an aromatic ring is 1. The molecule has 0 saturated carbocycles. The maximum Gasteiger partial charge on any atom is 0.337 e. The molecular weight excluding hydrogens is 178 g/mol. The number of nitrogens with two attached hydrogens (primary N) is 1. The van der Waals surface area contributed by atoms with Crippen LogP contribution in [0.25, 0.3) is 0 Å². The highest BCUT2D eigenvalue weighted by atomic mass is 16.4. The molecule has 0 aromatic heterocycles. The lowest BCUT2D eigenvalue weighted by molar-refractivity contribution is 0.0698. The van der Waals surface area contributed by atoms with Crippen molar-refractivity contribution in [3.05, 3.63) is 29.3 Å². The van der Waals surface area contributed by atoms with Gasteiger partial charge in [0.2, 0.25) is 0 Å². The number of aromatic carboxylic acids is 1. The van der Waals surface area contributed by atoms with Crippen LogP contribution in [-0.2, 0) is 6.42 Å². The minimum Gasteiger partial charge on any atom is -0.478 e. The Morgan fingerprint density at radius 3 is 2.79 bits per heavy atom. The number of benzene rings is 1. The Morgan fingerprint density at radius 2 is 2.21 bits per heavy atom. The zero-order chi connectivity index (χ0) is 10.6. The number of anilines is 1. The molecule has 1 aromatic rings. The summed E-state index contributed by atoms with van der Waals surface area (Å²) in [7, 11) is 0. The highest BCUT2D eigenvalue weighted by molar-refractivity contribution is 5.94. The Balaban J connectivity index is 2.95. The lowest BCUT2D eigenvalue weighted by Crippen LogP contribution is -2.05. The van der Waals surface area contributed by atoms with Crippen LogP contribution >= 0.6 is 0 Å². The molecule has 0 heterocycles. The van der Waals surface area contributed by atoms with E-state index in [2.05, 4.69) is 6.92 Å². The third kappa shape index (κ3) is 2.25. The smallest absolute Gasteiger partial charge is 0.337 e. The first kappa shape index (κ1) is 10.6. The molecule has 0 aliphatic heterocycles. The van der Waals surface area contributed by atoms with Crippen LogP contribution in [0, 0.1) is 0 Å². The van der Waals surface area contributed by atoms with E-state index in [9.17, 15) is 4.79 Å². The van der Waals surface area contributed by atoms with Crippen molar-refractivity contribution in [2.24, 2.45) is 0 Å². The van der Waals surface area contributed by atoms with Gasteiger partial charge >= 0.3 is 5.97 Å². The Bertz CT molecular complexity index is 334. The highest BCUT2D eigenvalue weighted by Gasteiger charge is 2.09. The summed E-state index contributed by atoms with van der Waals surface area (Å²) in [5.41, 5.74) is 7.30. The van der Waals surface area contributed by atoms with Gasteiger partial charge in [-0.3, -0.25) is 0 Å². The topological polar surface area (TPSA) is 63.3 Å². The predicted octanol–water partition coefficient (Wildman–Crippen LogP) is 2.31. The third-order valence-corrected chi connectivity index (χ3v) is 2.23. The van der Waals surface area contributed by atoms with E-state index in [4.69, 9.17) is 10.8 Å². The predicted molar refractivity (Wildman–Crippen MR) is 56.4 cm³/mol. The summed E-state index contributed by atoms with van der Waals surface area (Å²) in [4.78, 5) is 10.8. The van der Waals surface area contributed by atoms with E-state index in [1.807, 2.05) is 6.07 Å². The van der Waals surface area contributed by atoms with Gasteiger partial charge in [0, 0.05) is 5.69 Å². The molecule has 3 heteroatoms. The van der Waals surface area contributed by atoms with Crippen molar-refractivity contribution >= 4 is 11.7 Å². The van der Waals surface area contributed by atoms with E-state index >= 15 is 0 Å². The van der Waals surface area contributed by atoms with Gasteiger partial charge in [0.25, 0.3) is 0 Å². The van der Waals surface area contributed by atoms with E-state index in [1.165, 1.54) is 6.07 Å². The van der Waals surface area contributed by atoms with Crippen molar-refractivity contribution in [2.45, 2.75) is 26.2 Å². The summed E-state index contributed by atoms with van der Waals surface area (Å²) in [5, 5.41) is 8.84. The Kier molecular flexibility index (Phi) is 3.51. The lowest BCUT2D eigenvalue weighted by atomic mass is 10.0. The zero-order valence-corrected chi connectivity index (χ0v) is 8.29. The van der Waals surface area contributed by atoms with Gasteiger partial charge in [-0.05, 0) is 24.5 Å². The van der Waals surface area contributed by atoms with Crippen LogP contribution in [0.15, 0.2) is 18.2 Å². The van der Waals surface area contributed by atoms with Gasteiger partial charge in [-0.25, -0.2) is 4.79 Å². The second-order valence-corrected chi connectivity index (χ2v) is 3.29. The third-order valence-electron chi connectivity index (χ3n) is 2.23. The van der Waals surface area contributed by atoms with Crippen LogP contribution in [0.5, 0.6) is 0 Å². The maximum atomic E-state index is 10.8. The Hall–Kier alpha value is -1.51. The zero-order valence-electron chi connectivity index (χ0n) is 8.29. The number of carbonyl (C=O) groups is 1. The molecular formula is C11H15NO2. The van der Waals surface area contributed by atoms with Crippen molar-refractivity contribution in [1.29, 1.82) is 0 Å². The molecule has 0 aliphatic carbocycles. The largest absolute Gasteiger partial charge is 0.478 e. The average molecular weight is 193 g/mol. The van der Waals surface area contributed by atoms with Crippen molar-refractivity contribution in [1.82, 2.24) is 0 Å². The molecule has 0 aliphatic rings. The molecule has 0 atom stereocenters. The monoisotopic (exact) mass is 193 g/mol. The van der Waals surface area contributed by atoms with Crippen LogP contribution in [-0.4, -0.2) is 11.1 Å². The van der Waals surface area contributed by atoms with Gasteiger partial charge in [-0.2, -0.15) is 0 Å². The van der Waals surface area contributed by atoms with Crippen molar-refractivity contribution in [2.75, 3.05) is 5.73 Å². The quantitative estimate of drug-likeness (QED) is 0.721.